The van der Waals surface area contributed by atoms with Crippen molar-refractivity contribution in [3.05, 3.63) is 35.2 Å². The average Bonchev–Trinajstić information content (AvgIpc) is 3.01. The van der Waals surface area contributed by atoms with Crippen molar-refractivity contribution < 1.29 is 9.47 Å². The van der Waals surface area contributed by atoms with Gasteiger partial charge in [-0.25, -0.2) is 4.99 Å². The molecule has 162 valence electrons. The SMILES string of the molecule is CCNC(=NCc1c(CC)nn(C)c1CC)Nc1ccc(OC)c(OCC)c1.I. The first-order valence-electron chi connectivity index (χ1n) is 9.97. The summed E-state index contributed by atoms with van der Waals surface area (Å²) in [6.07, 6.45) is 1.84. The Labute approximate surface area is 191 Å². The van der Waals surface area contributed by atoms with E-state index < -0.39 is 0 Å². The van der Waals surface area contributed by atoms with Crippen LogP contribution in [-0.4, -0.2) is 36.0 Å². The number of benzene rings is 1. The molecule has 0 unspecified atom stereocenters. The highest BCUT2D eigenvalue weighted by Crippen LogP contribution is 2.30. The minimum atomic E-state index is 0. The third kappa shape index (κ3) is 6.52. The molecule has 0 fully saturated rings. The van der Waals surface area contributed by atoms with E-state index in [4.69, 9.17) is 14.5 Å². The molecule has 0 aliphatic rings. The third-order valence-corrected chi connectivity index (χ3v) is 4.49. The lowest BCUT2D eigenvalue weighted by Gasteiger charge is -2.14. The normalized spacial score (nSPS) is 11.0. The first-order valence-corrected chi connectivity index (χ1v) is 9.97. The van der Waals surface area contributed by atoms with Crippen molar-refractivity contribution in [3.8, 4) is 11.5 Å². The van der Waals surface area contributed by atoms with Crippen molar-refractivity contribution in [3.63, 3.8) is 0 Å². The van der Waals surface area contributed by atoms with Crippen molar-refractivity contribution in [1.82, 2.24) is 15.1 Å². The number of aryl methyl sites for hydroxylation is 2. The van der Waals surface area contributed by atoms with Crippen molar-refractivity contribution in [2.75, 3.05) is 25.6 Å². The van der Waals surface area contributed by atoms with E-state index >= 15 is 0 Å². The average molecular weight is 515 g/mol. The van der Waals surface area contributed by atoms with Gasteiger partial charge < -0.3 is 20.1 Å². The summed E-state index contributed by atoms with van der Waals surface area (Å²) in [6, 6.07) is 5.77. The van der Waals surface area contributed by atoms with Crippen LogP contribution in [0.4, 0.5) is 5.69 Å². The molecule has 0 bridgehead atoms. The predicted molar refractivity (Wildman–Crippen MR) is 130 cm³/mol. The molecule has 0 amide bonds. The van der Waals surface area contributed by atoms with Gasteiger partial charge >= 0.3 is 0 Å². The topological polar surface area (TPSA) is 72.7 Å². The summed E-state index contributed by atoms with van der Waals surface area (Å²) < 4.78 is 13.0. The molecule has 0 aliphatic heterocycles. The van der Waals surface area contributed by atoms with Crippen LogP contribution < -0.4 is 20.1 Å². The minimum Gasteiger partial charge on any atom is -0.493 e. The van der Waals surface area contributed by atoms with Gasteiger partial charge in [-0.2, -0.15) is 5.10 Å². The van der Waals surface area contributed by atoms with E-state index in [9.17, 15) is 0 Å². The summed E-state index contributed by atoms with van der Waals surface area (Å²) in [5.41, 5.74) is 4.46. The Balaban J connectivity index is 0.00000420. The van der Waals surface area contributed by atoms with E-state index in [1.165, 1.54) is 11.3 Å². The number of hydrogen-bond donors (Lipinski definition) is 2. The van der Waals surface area contributed by atoms with Crippen LogP contribution in [0, 0.1) is 0 Å². The number of nitrogens with zero attached hydrogens (tertiary/aromatic N) is 3. The highest BCUT2D eigenvalue weighted by Gasteiger charge is 2.13. The summed E-state index contributed by atoms with van der Waals surface area (Å²) in [5.74, 6) is 2.15. The molecular formula is C21H34IN5O2. The molecule has 2 aromatic rings. The monoisotopic (exact) mass is 515 g/mol. The van der Waals surface area contributed by atoms with E-state index in [1.807, 2.05) is 36.9 Å². The van der Waals surface area contributed by atoms with Crippen LogP contribution in [0.25, 0.3) is 0 Å². The lowest BCUT2D eigenvalue weighted by Crippen LogP contribution is -2.30. The molecule has 0 saturated carbocycles. The third-order valence-electron chi connectivity index (χ3n) is 4.49. The first kappa shape index (κ1) is 25.1. The number of anilines is 1. The number of rotatable bonds is 9. The number of aromatic nitrogens is 2. The Kier molecular flexibility index (Phi) is 10.9. The minimum absolute atomic E-state index is 0. The van der Waals surface area contributed by atoms with Crippen LogP contribution in [0.5, 0.6) is 11.5 Å². The smallest absolute Gasteiger partial charge is 0.196 e. The second-order valence-corrected chi connectivity index (χ2v) is 6.32. The van der Waals surface area contributed by atoms with Gasteiger partial charge in [-0.3, -0.25) is 4.68 Å². The first-order chi connectivity index (χ1) is 13.6. The standard InChI is InChI=1S/C21H33N5O2.HI/c1-7-17-16(18(8-2)26(5)25-17)14-23-21(22-9-3)24-15-11-12-19(27-6)20(13-15)28-10-4;/h11-13H,7-10,14H2,1-6H3,(H2,22,23,24);1H. The van der Waals surface area contributed by atoms with E-state index in [-0.39, 0.29) is 24.0 Å². The fourth-order valence-electron chi connectivity index (χ4n) is 3.20. The summed E-state index contributed by atoms with van der Waals surface area (Å²) in [6.45, 7) is 10.2. The fraction of sp³-hybridized carbons (Fsp3) is 0.524. The molecule has 1 aromatic heterocycles. The van der Waals surface area contributed by atoms with E-state index in [1.54, 1.807) is 7.11 Å². The van der Waals surface area contributed by atoms with Crippen LogP contribution in [0.15, 0.2) is 23.2 Å². The molecule has 2 rings (SSSR count). The van der Waals surface area contributed by atoms with Gasteiger partial charge in [0.25, 0.3) is 0 Å². The number of aliphatic imine (C=N–C) groups is 1. The second-order valence-electron chi connectivity index (χ2n) is 6.32. The molecule has 8 heteroatoms. The maximum absolute atomic E-state index is 5.67. The maximum atomic E-state index is 5.67. The van der Waals surface area contributed by atoms with Gasteiger partial charge in [0, 0.05) is 36.6 Å². The summed E-state index contributed by atoms with van der Waals surface area (Å²) in [5, 5.41) is 11.3. The van der Waals surface area contributed by atoms with Crippen LogP contribution in [0.3, 0.4) is 0 Å². The zero-order valence-electron chi connectivity index (χ0n) is 18.3. The van der Waals surface area contributed by atoms with E-state index in [2.05, 4.69) is 36.5 Å². The molecule has 0 spiro atoms. The number of hydrogen-bond acceptors (Lipinski definition) is 4. The lowest BCUT2D eigenvalue weighted by atomic mass is 10.1. The highest BCUT2D eigenvalue weighted by molar-refractivity contribution is 14.0. The predicted octanol–water partition coefficient (Wildman–Crippen LogP) is 4.15. The van der Waals surface area contributed by atoms with Crippen LogP contribution in [0.2, 0.25) is 0 Å². The van der Waals surface area contributed by atoms with E-state index in [0.29, 0.717) is 24.7 Å². The molecule has 1 aromatic carbocycles. The van der Waals surface area contributed by atoms with Crippen LogP contribution in [-0.2, 0) is 26.4 Å². The summed E-state index contributed by atoms with van der Waals surface area (Å²) in [7, 11) is 3.64. The summed E-state index contributed by atoms with van der Waals surface area (Å²) >= 11 is 0. The number of ether oxygens (including phenoxy) is 2. The Morgan fingerprint density at radius 3 is 2.48 bits per heavy atom. The largest absolute Gasteiger partial charge is 0.493 e. The maximum Gasteiger partial charge on any atom is 0.196 e. The quantitative estimate of drug-likeness (QED) is 0.298. The number of guanidine groups is 1. The van der Waals surface area contributed by atoms with Crippen molar-refractivity contribution in [2.24, 2.45) is 12.0 Å². The van der Waals surface area contributed by atoms with Gasteiger partial charge in [0.15, 0.2) is 17.5 Å². The molecule has 0 atom stereocenters. The van der Waals surface area contributed by atoms with Crippen molar-refractivity contribution in [2.45, 2.75) is 47.1 Å². The Hall–Kier alpha value is -1.97. The molecule has 7 nitrogen and oxygen atoms in total. The van der Waals surface area contributed by atoms with Crippen LogP contribution in [0.1, 0.15) is 44.6 Å². The molecule has 2 N–H and O–H groups in total. The highest BCUT2D eigenvalue weighted by atomic mass is 127. The van der Waals surface area contributed by atoms with Crippen molar-refractivity contribution >= 4 is 35.6 Å². The molecule has 0 saturated heterocycles. The molecule has 0 aliphatic carbocycles. The molecular weight excluding hydrogens is 481 g/mol. The van der Waals surface area contributed by atoms with Crippen LogP contribution >= 0.6 is 24.0 Å². The zero-order chi connectivity index (χ0) is 20.5. The molecule has 1 heterocycles. The van der Waals surface area contributed by atoms with Gasteiger partial charge in [0.2, 0.25) is 0 Å². The van der Waals surface area contributed by atoms with Gasteiger partial charge in [0.05, 0.1) is 26.0 Å². The van der Waals surface area contributed by atoms with Gasteiger partial charge in [-0.1, -0.05) is 13.8 Å². The Morgan fingerprint density at radius 1 is 1.14 bits per heavy atom. The zero-order valence-corrected chi connectivity index (χ0v) is 20.7. The molecule has 29 heavy (non-hydrogen) atoms. The number of nitrogens with one attached hydrogen (secondary N) is 2. The van der Waals surface area contributed by atoms with Gasteiger partial charge in [-0.05, 0) is 38.8 Å². The van der Waals surface area contributed by atoms with E-state index in [0.717, 1.165) is 36.7 Å². The fourth-order valence-corrected chi connectivity index (χ4v) is 3.20. The number of halogens is 1. The second kappa shape index (κ2) is 12.6. The number of methoxy groups -OCH3 is 1. The lowest BCUT2D eigenvalue weighted by molar-refractivity contribution is 0.311. The molecule has 0 radical (unpaired) electrons. The Bertz CT molecular complexity index is 805. The summed E-state index contributed by atoms with van der Waals surface area (Å²) in [4.78, 5) is 4.80. The van der Waals surface area contributed by atoms with Gasteiger partial charge in [-0.15, -0.1) is 24.0 Å². The Morgan fingerprint density at radius 2 is 1.90 bits per heavy atom. The van der Waals surface area contributed by atoms with Gasteiger partial charge in [0.1, 0.15) is 0 Å². The van der Waals surface area contributed by atoms with Crippen molar-refractivity contribution in [1.29, 1.82) is 0 Å².